The van der Waals surface area contributed by atoms with Gasteiger partial charge in [0.15, 0.2) is 5.96 Å². The third-order valence-electron chi connectivity index (χ3n) is 3.19. The van der Waals surface area contributed by atoms with Gasteiger partial charge in [0, 0.05) is 26.7 Å². The average Bonchev–Trinajstić information content (AvgIpc) is 2.46. The predicted molar refractivity (Wildman–Crippen MR) is 101 cm³/mol. The number of benzene rings is 1. The molecule has 138 valence electrons. The van der Waals surface area contributed by atoms with Crippen molar-refractivity contribution in [1.29, 1.82) is 0 Å². The summed E-state index contributed by atoms with van der Waals surface area (Å²) in [5, 5.41) is 6.23. The summed E-state index contributed by atoms with van der Waals surface area (Å²) in [6, 6.07) is 6.24. The van der Waals surface area contributed by atoms with Gasteiger partial charge < -0.3 is 15.4 Å². The maximum absolute atomic E-state index is 11.9. The molecule has 0 amide bonds. The van der Waals surface area contributed by atoms with Crippen molar-refractivity contribution in [3.8, 4) is 0 Å². The molecule has 1 rings (SSSR count). The Kier molecular flexibility index (Phi) is 11.0. The molecule has 0 unspecified atom stereocenters. The predicted octanol–water partition coefficient (Wildman–Crippen LogP) is 3.56. The molecule has 2 N–H and O–H groups in total. The lowest BCUT2D eigenvalue weighted by Crippen LogP contribution is -2.37. The van der Waals surface area contributed by atoms with Crippen LogP contribution in [0.15, 0.2) is 23.2 Å². The van der Waals surface area contributed by atoms with Crippen LogP contribution in [0.5, 0.6) is 0 Å². The molecular formula is C16H25F3IN3O. The van der Waals surface area contributed by atoms with Crippen LogP contribution in [0.25, 0.3) is 0 Å². The average molecular weight is 459 g/mol. The minimum absolute atomic E-state index is 0. The Bertz CT molecular complexity index is 522. The van der Waals surface area contributed by atoms with Gasteiger partial charge in [0.2, 0.25) is 0 Å². The molecular weight excluding hydrogens is 434 g/mol. The van der Waals surface area contributed by atoms with E-state index in [2.05, 4.69) is 45.5 Å². The Labute approximate surface area is 158 Å². The maximum atomic E-state index is 11.9. The Morgan fingerprint density at radius 1 is 1.21 bits per heavy atom. The molecule has 0 aliphatic heterocycles. The standard InChI is InChI=1S/C16H24F3N3O.HI/c1-12-5-6-14(13(2)9-12)10-22-15(20-3)21-7-4-8-23-11-16(17,18)19;/h5-6,9H,4,7-8,10-11H2,1-3H3,(H2,20,21,22);1H. The van der Waals surface area contributed by atoms with Gasteiger partial charge >= 0.3 is 6.18 Å². The molecule has 0 atom stereocenters. The fourth-order valence-corrected chi connectivity index (χ4v) is 2.01. The minimum atomic E-state index is -4.27. The highest BCUT2D eigenvalue weighted by molar-refractivity contribution is 14.0. The fourth-order valence-electron chi connectivity index (χ4n) is 2.01. The summed E-state index contributed by atoms with van der Waals surface area (Å²) in [5.41, 5.74) is 3.59. The van der Waals surface area contributed by atoms with E-state index in [9.17, 15) is 13.2 Å². The van der Waals surface area contributed by atoms with Gasteiger partial charge in [-0.3, -0.25) is 4.99 Å². The van der Waals surface area contributed by atoms with E-state index in [1.54, 1.807) is 7.05 Å². The topological polar surface area (TPSA) is 45.7 Å². The van der Waals surface area contributed by atoms with Crippen LogP contribution >= 0.6 is 24.0 Å². The summed E-state index contributed by atoms with van der Waals surface area (Å²) in [7, 11) is 1.65. The smallest absolute Gasteiger partial charge is 0.372 e. The second kappa shape index (κ2) is 11.5. The molecule has 1 aromatic rings. The Morgan fingerprint density at radius 3 is 2.50 bits per heavy atom. The molecule has 0 aliphatic rings. The number of halogens is 4. The zero-order valence-corrected chi connectivity index (χ0v) is 16.5. The van der Waals surface area contributed by atoms with Crippen molar-refractivity contribution >= 4 is 29.9 Å². The number of hydrogen-bond acceptors (Lipinski definition) is 2. The Morgan fingerprint density at radius 2 is 1.92 bits per heavy atom. The van der Waals surface area contributed by atoms with Gasteiger partial charge in [0.1, 0.15) is 6.61 Å². The number of ether oxygens (including phenoxy) is 1. The second-order valence-electron chi connectivity index (χ2n) is 5.30. The minimum Gasteiger partial charge on any atom is -0.372 e. The zero-order chi connectivity index (χ0) is 17.3. The molecule has 0 aliphatic carbocycles. The molecule has 0 saturated carbocycles. The molecule has 0 fully saturated rings. The molecule has 0 saturated heterocycles. The van der Waals surface area contributed by atoms with E-state index in [4.69, 9.17) is 0 Å². The number of nitrogens with one attached hydrogen (secondary N) is 2. The largest absolute Gasteiger partial charge is 0.411 e. The Hall–Kier alpha value is -1.03. The summed E-state index contributed by atoms with van der Waals surface area (Å²) in [4.78, 5) is 4.08. The number of guanidine groups is 1. The normalized spacial score (nSPS) is 11.8. The molecule has 0 bridgehead atoms. The second-order valence-corrected chi connectivity index (χ2v) is 5.30. The molecule has 24 heavy (non-hydrogen) atoms. The van der Waals surface area contributed by atoms with Crippen LogP contribution in [-0.4, -0.2) is 38.9 Å². The highest BCUT2D eigenvalue weighted by Gasteiger charge is 2.27. The van der Waals surface area contributed by atoms with E-state index in [0.717, 1.165) is 0 Å². The third-order valence-corrected chi connectivity index (χ3v) is 3.19. The van der Waals surface area contributed by atoms with Crippen molar-refractivity contribution in [1.82, 2.24) is 10.6 Å². The first kappa shape index (κ1) is 23.0. The van der Waals surface area contributed by atoms with Crippen molar-refractivity contribution in [2.75, 3.05) is 26.8 Å². The number of nitrogens with zero attached hydrogens (tertiary/aromatic N) is 1. The summed E-state index contributed by atoms with van der Waals surface area (Å²) >= 11 is 0. The monoisotopic (exact) mass is 459 g/mol. The molecule has 8 heteroatoms. The summed E-state index contributed by atoms with van der Waals surface area (Å²) in [5.74, 6) is 0.612. The third kappa shape index (κ3) is 9.96. The van der Waals surface area contributed by atoms with Gasteiger partial charge in [-0.05, 0) is 31.4 Å². The van der Waals surface area contributed by atoms with Crippen LogP contribution < -0.4 is 10.6 Å². The first-order valence-electron chi connectivity index (χ1n) is 7.47. The molecule has 4 nitrogen and oxygen atoms in total. The number of hydrogen-bond donors (Lipinski definition) is 2. The van der Waals surface area contributed by atoms with Crippen LogP contribution in [0.2, 0.25) is 0 Å². The number of rotatable bonds is 7. The molecule has 0 aromatic heterocycles. The summed E-state index contributed by atoms with van der Waals surface area (Å²) in [6.07, 6.45) is -3.79. The van der Waals surface area contributed by atoms with E-state index in [0.29, 0.717) is 25.5 Å². The van der Waals surface area contributed by atoms with E-state index < -0.39 is 12.8 Å². The highest BCUT2D eigenvalue weighted by atomic mass is 127. The van der Waals surface area contributed by atoms with Gasteiger partial charge in [-0.1, -0.05) is 23.8 Å². The van der Waals surface area contributed by atoms with Crippen molar-refractivity contribution in [3.63, 3.8) is 0 Å². The summed E-state index contributed by atoms with van der Waals surface area (Å²) in [6.45, 7) is 4.08. The van der Waals surface area contributed by atoms with E-state index in [1.165, 1.54) is 16.7 Å². The van der Waals surface area contributed by atoms with Gasteiger partial charge in [-0.2, -0.15) is 13.2 Å². The number of alkyl halides is 3. The van der Waals surface area contributed by atoms with Gasteiger partial charge in [-0.15, -0.1) is 24.0 Å². The van der Waals surface area contributed by atoms with Crippen LogP contribution in [-0.2, 0) is 11.3 Å². The summed E-state index contributed by atoms with van der Waals surface area (Å²) < 4.78 is 40.2. The SMILES string of the molecule is CN=C(NCCCOCC(F)(F)F)NCc1ccc(C)cc1C.I. The highest BCUT2D eigenvalue weighted by Crippen LogP contribution is 2.14. The van der Waals surface area contributed by atoms with Crippen LogP contribution in [0.3, 0.4) is 0 Å². The maximum Gasteiger partial charge on any atom is 0.411 e. The van der Waals surface area contributed by atoms with E-state index in [-0.39, 0.29) is 30.6 Å². The van der Waals surface area contributed by atoms with Crippen molar-refractivity contribution in [3.05, 3.63) is 34.9 Å². The number of aryl methyl sites for hydroxylation is 2. The molecule has 0 spiro atoms. The van der Waals surface area contributed by atoms with Crippen LogP contribution in [0, 0.1) is 13.8 Å². The zero-order valence-electron chi connectivity index (χ0n) is 14.2. The number of aliphatic imine (C=N–C) groups is 1. The molecule has 0 heterocycles. The van der Waals surface area contributed by atoms with Gasteiger partial charge in [0.25, 0.3) is 0 Å². The molecule has 0 radical (unpaired) electrons. The quantitative estimate of drug-likeness (QED) is 0.284. The van der Waals surface area contributed by atoms with Gasteiger partial charge in [-0.25, -0.2) is 0 Å². The lowest BCUT2D eigenvalue weighted by atomic mass is 10.1. The van der Waals surface area contributed by atoms with Gasteiger partial charge in [0.05, 0.1) is 0 Å². The van der Waals surface area contributed by atoms with E-state index >= 15 is 0 Å². The van der Waals surface area contributed by atoms with Crippen molar-refractivity contribution < 1.29 is 17.9 Å². The van der Waals surface area contributed by atoms with Crippen molar-refractivity contribution in [2.24, 2.45) is 4.99 Å². The first-order chi connectivity index (χ1) is 10.8. The fraction of sp³-hybridized carbons (Fsp3) is 0.562. The lowest BCUT2D eigenvalue weighted by molar-refractivity contribution is -0.173. The molecule has 1 aromatic carbocycles. The van der Waals surface area contributed by atoms with Crippen LogP contribution in [0.4, 0.5) is 13.2 Å². The van der Waals surface area contributed by atoms with Crippen molar-refractivity contribution in [2.45, 2.75) is 33.0 Å². The van der Waals surface area contributed by atoms with E-state index in [1.807, 2.05) is 6.92 Å². The first-order valence-corrected chi connectivity index (χ1v) is 7.47. The lowest BCUT2D eigenvalue weighted by Gasteiger charge is -2.13. The Balaban J connectivity index is 0.00000529. The van der Waals surface area contributed by atoms with Crippen LogP contribution in [0.1, 0.15) is 23.1 Å².